The van der Waals surface area contributed by atoms with Gasteiger partial charge in [-0.3, -0.25) is 14.6 Å². The van der Waals surface area contributed by atoms with E-state index in [-0.39, 0.29) is 17.0 Å². The molecule has 194 valence electrons. The van der Waals surface area contributed by atoms with Gasteiger partial charge in [0.25, 0.3) is 0 Å². The van der Waals surface area contributed by atoms with Crippen molar-refractivity contribution in [2.75, 3.05) is 41.6 Å². The van der Waals surface area contributed by atoms with Crippen LogP contribution in [-0.2, 0) is 10.0 Å². The molecule has 1 saturated heterocycles. The molecule has 2 aromatic heterocycles. The highest BCUT2D eigenvalue weighted by Gasteiger charge is 2.26. The molecule has 12 heteroatoms. The summed E-state index contributed by atoms with van der Waals surface area (Å²) in [5.41, 5.74) is 1.21. The molecule has 1 fully saturated rings. The van der Waals surface area contributed by atoms with Crippen molar-refractivity contribution >= 4 is 21.4 Å². The van der Waals surface area contributed by atoms with Crippen molar-refractivity contribution in [1.29, 1.82) is 0 Å². The summed E-state index contributed by atoms with van der Waals surface area (Å²) in [6.45, 7) is 11.9. The number of pyridine rings is 1. The number of nitrogens with zero attached hydrogens (tertiary/aromatic N) is 6. The van der Waals surface area contributed by atoms with E-state index in [4.69, 9.17) is 0 Å². The van der Waals surface area contributed by atoms with Crippen LogP contribution in [0.25, 0.3) is 16.9 Å². The van der Waals surface area contributed by atoms with Crippen molar-refractivity contribution in [3.05, 3.63) is 48.4 Å². The molecule has 0 amide bonds. The summed E-state index contributed by atoms with van der Waals surface area (Å²) >= 11 is 0. The van der Waals surface area contributed by atoms with Crippen LogP contribution >= 0.6 is 0 Å². The van der Waals surface area contributed by atoms with Crippen molar-refractivity contribution in [2.24, 2.45) is 0 Å². The van der Waals surface area contributed by atoms with Gasteiger partial charge in [-0.05, 0) is 45.4 Å². The van der Waals surface area contributed by atoms with Gasteiger partial charge in [0.1, 0.15) is 11.4 Å². The van der Waals surface area contributed by atoms with E-state index in [0.29, 0.717) is 17.7 Å². The normalized spacial score (nSPS) is 15.3. The Labute approximate surface area is 210 Å². The van der Waals surface area contributed by atoms with E-state index in [9.17, 15) is 12.8 Å². The maximum atomic E-state index is 15.1. The third kappa shape index (κ3) is 5.65. The molecule has 0 saturated carbocycles. The maximum absolute atomic E-state index is 15.1. The largest absolute Gasteiger partial charge is 0.368 e. The van der Waals surface area contributed by atoms with Gasteiger partial charge in [-0.15, -0.1) is 5.10 Å². The van der Waals surface area contributed by atoms with Crippen molar-refractivity contribution in [2.45, 2.75) is 39.7 Å². The standard InChI is InChI=1S/C24H31F2N7O2S/c1-5-12-36(34,35)29-20-7-6-19(25)23(22(20)26)33-16-21(28-30-33)17-13-18(15-27-14-17)31-8-10-32(11-9-31)24(2,3)4/h6-7,13-16,29H,5,8-12H2,1-4H3. The minimum Gasteiger partial charge on any atom is -0.368 e. The molecule has 0 radical (unpaired) electrons. The van der Waals surface area contributed by atoms with E-state index in [1.807, 2.05) is 6.07 Å². The van der Waals surface area contributed by atoms with Gasteiger partial charge in [0.15, 0.2) is 11.6 Å². The van der Waals surface area contributed by atoms with Crippen molar-refractivity contribution in [3.63, 3.8) is 0 Å². The summed E-state index contributed by atoms with van der Waals surface area (Å²) in [6.07, 6.45) is 5.15. The number of piperazine rings is 1. The number of anilines is 2. The number of nitrogens with one attached hydrogen (secondary N) is 1. The minimum absolute atomic E-state index is 0.113. The van der Waals surface area contributed by atoms with Crippen LogP contribution in [0.2, 0.25) is 0 Å². The zero-order valence-electron chi connectivity index (χ0n) is 20.9. The quantitative estimate of drug-likeness (QED) is 0.509. The molecule has 1 aliphatic rings. The molecule has 36 heavy (non-hydrogen) atoms. The SMILES string of the molecule is CCCS(=O)(=O)Nc1ccc(F)c(-n2cc(-c3cncc(N4CCN(C(C)(C)C)CC4)c3)nn2)c1F. The maximum Gasteiger partial charge on any atom is 0.232 e. The number of aromatic nitrogens is 4. The molecule has 1 aromatic carbocycles. The number of rotatable bonds is 7. The van der Waals surface area contributed by atoms with E-state index >= 15 is 4.39 Å². The van der Waals surface area contributed by atoms with Gasteiger partial charge in [-0.1, -0.05) is 12.1 Å². The average molecular weight is 520 g/mol. The molecular formula is C24H31F2N7O2S. The summed E-state index contributed by atoms with van der Waals surface area (Å²) in [5.74, 6) is -2.15. The second kappa shape index (κ2) is 10.1. The zero-order chi connectivity index (χ0) is 26.1. The minimum atomic E-state index is -3.76. The fraction of sp³-hybridized carbons (Fsp3) is 0.458. The second-order valence-electron chi connectivity index (χ2n) is 9.80. The van der Waals surface area contributed by atoms with E-state index in [2.05, 4.69) is 50.6 Å². The third-order valence-corrected chi connectivity index (χ3v) is 7.62. The molecule has 0 aliphatic carbocycles. The van der Waals surface area contributed by atoms with Gasteiger partial charge in [-0.2, -0.15) is 0 Å². The molecule has 0 spiro atoms. The van der Waals surface area contributed by atoms with Crippen LogP contribution in [0.4, 0.5) is 20.2 Å². The van der Waals surface area contributed by atoms with Crippen LogP contribution < -0.4 is 9.62 Å². The van der Waals surface area contributed by atoms with Gasteiger partial charge < -0.3 is 4.90 Å². The fourth-order valence-electron chi connectivity index (χ4n) is 4.20. The second-order valence-corrected chi connectivity index (χ2v) is 11.6. The summed E-state index contributed by atoms with van der Waals surface area (Å²) < 4.78 is 57.0. The average Bonchev–Trinajstić information content (AvgIpc) is 3.30. The lowest BCUT2D eigenvalue weighted by Crippen LogP contribution is -2.53. The van der Waals surface area contributed by atoms with Crippen molar-refractivity contribution < 1.29 is 17.2 Å². The summed E-state index contributed by atoms with van der Waals surface area (Å²) in [7, 11) is -3.76. The molecule has 9 nitrogen and oxygen atoms in total. The van der Waals surface area contributed by atoms with Gasteiger partial charge in [0.2, 0.25) is 10.0 Å². The van der Waals surface area contributed by atoms with Crippen LogP contribution in [0.5, 0.6) is 0 Å². The molecule has 1 N–H and O–H groups in total. The van der Waals surface area contributed by atoms with E-state index < -0.39 is 27.3 Å². The Hall–Kier alpha value is -3.12. The first kappa shape index (κ1) is 26.0. The van der Waals surface area contributed by atoms with Crippen molar-refractivity contribution in [3.8, 4) is 16.9 Å². The molecule has 0 unspecified atom stereocenters. The highest BCUT2D eigenvalue weighted by molar-refractivity contribution is 7.92. The lowest BCUT2D eigenvalue weighted by atomic mass is 10.0. The molecule has 0 atom stereocenters. The fourth-order valence-corrected chi connectivity index (χ4v) is 5.33. The number of hydrogen-bond donors (Lipinski definition) is 1. The number of benzene rings is 1. The van der Waals surface area contributed by atoms with Crippen LogP contribution in [0.1, 0.15) is 34.1 Å². The Morgan fingerprint density at radius 2 is 1.81 bits per heavy atom. The van der Waals surface area contributed by atoms with Gasteiger partial charge >= 0.3 is 0 Å². The molecule has 3 aromatic rings. The number of halogens is 2. The number of sulfonamides is 1. The predicted octanol–water partition coefficient (Wildman–Crippen LogP) is 3.68. The lowest BCUT2D eigenvalue weighted by molar-refractivity contribution is 0.128. The summed E-state index contributed by atoms with van der Waals surface area (Å²) in [5, 5.41) is 7.98. The molecular weight excluding hydrogens is 488 g/mol. The first-order chi connectivity index (χ1) is 17.0. The Morgan fingerprint density at radius 3 is 2.47 bits per heavy atom. The lowest BCUT2D eigenvalue weighted by Gasteiger charge is -2.43. The third-order valence-electron chi connectivity index (χ3n) is 6.14. The number of hydrogen-bond acceptors (Lipinski definition) is 7. The molecule has 0 bridgehead atoms. The zero-order valence-corrected chi connectivity index (χ0v) is 21.7. The van der Waals surface area contributed by atoms with Crippen LogP contribution in [0.15, 0.2) is 36.8 Å². The first-order valence-electron chi connectivity index (χ1n) is 11.8. The van der Waals surface area contributed by atoms with E-state index in [0.717, 1.165) is 48.7 Å². The van der Waals surface area contributed by atoms with Crippen molar-refractivity contribution in [1.82, 2.24) is 24.9 Å². The molecule has 1 aliphatic heterocycles. The van der Waals surface area contributed by atoms with Crippen LogP contribution in [-0.4, -0.2) is 70.8 Å². The Kier molecular flexibility index (Phi) is 7.28. The Bertz CT molecular complexity index is 1330. The summed E-state index contributed by atoms with van der Waals surface area (Å²) in [4.78, 5) is 9.02. The Balaban J connectivity index is 1.58. The van der Waals surface area contributed by atoms with Gasteiger partial charge in [0, 0.05) is 43.5 Å². The smallest absolute Gasteiger partial charge is 0.232 e. The van der Waals surface area contributed by atoms with E-state index in [1.165, 1.54) is 6.20 Å². The van der Waals surface area contributed by atoms with Crippen LogP contribution in [0, 0.1) is 11.6 Å². The predicted molar refractivity (Wildman–Crippen MR) is 136 cm³/mol. The van der Waals surface area contributed by atoms with E-state index in [1.54, 1.807) is 19.3 Å². The molecule has 3 heterocycles. The first-order valence-corrected chi connectivity index (χ1v) is 13.5. The topological polar surface area (TPSA) is 96.2 Å². The van der Waals surface area contributed by atoms with Crippen LogP contribution in [0.3, 0.4) is 0 Å². The Morgan fingerprint density at radius 1 is 1.08 bits per heavy atom. The highest BCUT2D eigenvalue weighted by Crippen LogP contribution is 2.28. The molecule has 4 rings (SSSR count). The summed E-state index contributed by atoms with van der Waals surface area (Å²) in [6, 6.07) is 3.96. The van der Waals surface area contributed by atoms with Gasteiger partial charge in [0.05, 0.1) is 29.5 Å². The monoisotopic (exact) mass is 519 g/mol. The van der Waals surface area contributed by atoms with Gasteiger partial charge in [-0.25, -0.2) is 21.9 Å². The highest BCUT2D eigenvalue weighted by atomic mass is 32.2.